The van der Waals surface area contributed by atoms with Crippen molar-refractivity contribution in [2.45, 2.75) is 38.0 Å². The van der Waals surface area contributed by atoms with Crippen LogP contribution in [0.2, 0.25) is 0 Å². The number of nitrogens with zero attached hydrogens (tertiary/aromatic N) is 1. The van der Waals surface area contributed by atoms with Crippen molar-refractivity contribution in [3.8, 4) is 11.5 Å². The first kappa shape index (κ1) is 16.2. The van der Waals surface area contributed by atoms with Gasteiger partial charge in [-0.25, -0.2) is 8.42 Å². The van der Waals surface area contributed by atoms with Gasteiger partial charge >= 0.3 is 0 Å². The number of hydrogen-bond acceptors (Lipinski definition) is 5. The second kappa shape index (κ2) is 5.89. The number of benzene rings is 1. The van der Waals surface area contributed by atoms with Crippen LogP contribution in [0.3, 0.4) is 0 Å². The van der Waals surface area contributed by atoms with E-state index in [0.717, 1.165) is 17.9 Å². The molecule has 4 atom stereocenters. The van der Waals surface area contributed by atoms with E-state index in [9.17, 15) is 8.42 Å². The van der Waals surface area contributed by atoms with Gasteiger partial charge in [-0.15, -0.1) is 0 Å². The zero-order valence-corrected chi connectivity index (χ0v) is 14.9. The second-order valence-electron chi connectivity index (χ2n) is 7.12. The third kappa shape index (κ3) is 2.68. The normalized spacial score (nSPS) is 34.6. The molecule has 3 fully saturated rings. The molecule has 24 heavy (non-hydrogen) atoms. The topological polar surface area (TPSA) is 67.9 Å². The highest BCUT2D eigenvalue weighted by Gasteiger charge is 2.41. The lowest BCUT2D eigenvalue weighted by atomic mass is 9.97. The van der Waals surface area contributed by atoms with Gasteiger partial charge in [-0.05, 0) is 55.2 Å². The van der Waals surface area contributed by atoms with E-state index in [1.807, 2.05) is 18.2 Å². The van der Waals surface area contributed by atoms with Crippen molar-refractivity contribution < 1.29 is 17.9 Å². The molecule has 1 aromatic rings. The van der Waals surface area contributed by atoms with Gasteiger partial charge in [0.25, 0.3) is 0 Å². The van der Waals surface area contributed by atoms with Gasteiger partial charge in [0.2, 0.25) is 10.0 Å². The first-order valence-electron chi connectivity index (χ1n) is 8.51. The molecular formula is C17H24N2O4S. The number of ether oxygens (including phenoxy) is 2. The fourth-order valence-corrected chi connectivity index (χ4v) is 5.44. The Balaban J connectivity index is 1.59. The van der Waals surface area contributed by atoms with E-state index in [-0.39, 0.29) is 18.1 Å². The van der Waals surface area contributed by atoms with Crippen LogP contribution in [-0.2, 0) is 10.0 Å². The van der Waals surface area contributed by atoms with Crippen molar-refractivity contribution in [2.75, 3.05) is 20.0 Å². The standard InChI is InChI=1S/C17H24N2O4S/c1-19-17(18-10-24(19,20)21)13-5-6-14(22-2)16(9-13)23-15-8-11-3-4-12(15)7-11/h5-6,9,11-12,15,17-18H,3-4,7-8,10H2,1-2H3. The monoisotopic (exact) mass is 352 g/mol. The molecule has 1 N–H and O–H groups in total. The number of nitrogens with one attached hydrogen (secondary N) is 1. The Hall–Kier alpha value is -1.31. The van der Waals surface area contributed by atoms with Crippen LogP contribution in [0.5, 0.6) is 11.5 Å². The van der Waals surface area contributed by atoms with Crippen LogP contribution in [0.25, 0.3) is 0 Å². The molecule has 2 saturated carbocycles. The maximum Gasteiger partial charge on any atom is 0.228 e. The lowest BCUT2D eigenvalue weighted by molar-refractivity contribution is 0.133. The maximum atomic E-state index is 11.9. The fourth-order valence-electron chi connectivity index (χ4n) is 4.35. The lowest BCUT2D eigenvalue weighted by Crippen LogP contribution is -2.26. The van der Waals surface area contributed by atoms with Gasteiger partial charge in [0, 0.05) is 7.05 Å². The molecule has 1 heterocycles. The molecule has 4 unspecified atom stereocenters. The minimum absolute atomic E-state index is 0.0389. The van der Waals surface area contributed by atoms with Gasteiger partial charge in [0.15, 0.2) is 11.5 Å². The molecule has 0 amide bonds. The SMILES string of the molecule is COc1ccc(C2NCS(=O)(=O)N2C)cc1OC1CC2CCC1C2. The minimum atomic E-state index is -3.23. The molecule has 0 aromatic heterocycles. The number of rotatable bonds is 4. The summed E-state index contributed by atoms with van der Waals surface area (Å²) in [6.07, 6.45) is 4.87. The molecule has 132 valence electrons. The zero-order chi connectivity index (χ0) is 16.9. The molecule has 3 aliphatic rings. The molecular weight excluding hydrogens is 328 g/mol. The molecule has 4 rings (SSSR count). The van der Waals surface area contributed by atoms with Gasteiger partial charge in [0.05, 0.1) is 7.11 Å². The quantitative estimate of drug-likeness (QED) is 0.899. The Kier molecular flexibility index (Phi) is 3.97. The predicted octanol–water partition coefficient (Wildman–Crippen LogP) is 2.08. The Labute approximate surface area is 143 Å². The maximum absolute atomic E-state index is 11.9. The van der Waals surface area contributed by atoms with E-state index in [1.165, 1.54) is 23.6 Å². The summed E-state index contributed by atoms with van der Waals surface area (Å²) in [6.45, 7) is 0. The van der Waals surface area contributed by atoms with Crippen LogP contribution in [0.15, 0.2) is 18.2 Å². The highest BCUT2D eigenvalue weighted by molar-refractivity contribution is 7.89. The van der Waals surface area contributed by atoms with Gasteiger partial charge in [-0.2, -0.15) is 4.31 Å². The van der Waals surface area contributed by atoms with E-state index in [4.69, 9.17) is 9.47 Å². The summed E-state index contributed by atoms with van der Waals surface area (Å²) in [4.78, 5) is 0. The Bertz CT molecular complexity index is 736. The van der Waals surface area contributed by atoms with E-state index in [1.54, 1.807) is 14.2 Å². The van der Waals surface area contributed by atoms with Crippen LogP contribution in [0, 0.1) is 11.8 Å². The third-order valence-electron chi connectivity index (χ3n) is 5.72. The molecule has 1 saturated heterocycles. The van der Waals surface area contributed by atoms with Crippen LogP contribution >= 0.6 is 0 Å². The highest BCUT2D eigenvalue weighted by Crippen LogP contribution is 2.47. The fraction of sp³-hybridized carbons (Fsp3) is 0.647. The Morgan fingerprint density at radius 3 is 2.62 bits per heavy atom. The summed E-state index contributed by atoms with van der Waals surface area (Å²) in [7, 11) is -0.0000822. The average molecular weight is 352 g/mol. The summed E-state index contributed by atoms with van der Waals surface area (Å²) in [5, 5.41) is 3.04. The minimum Gasteiger partial charge on any atom is -0.493 e. The van der Waals surface area contributed by atoms with Crippen LogP contribution in [-0.4, -0.2) is 38.9 Å². The van der Waals surface area contributed by atoms with Crippen molar-refractivity contribution in [2.24, 2.45) is 11.8 Å². The van der Waals surface area contributed by atoms with E-state index in [0.29, 0.717) is 17.4 Å². The van der Waals surface area contributed by atoms with Crippen molar-refractivity contribution in [1.82, 2.24) is 9.62 Å². The molecule has 2 bridgehead atoms. The average Bonchev–Trinajstić information content (AvgIpc) is 3.24. The number of methoxy groups -OCH3 is 1. The molecule has 1 aliphatic heterocycles. The molecule has 2 aliphatic carbocycles. The number of hydrogen-bond donors (Lipinski definition) is 1. The molecule has 0 spiro atoms. The van der Waals surface area contributed by atoms with Gasteiger partial charge in [0.1, 0.15) is 18.1 Å². The zero-order valence-electron chi connectivity index (χ0n) is 14.1. The summed E-state index contributed by atoms with van der Waals surface area (Å²) in [5.74, 6) is 2.83. The summed E-state index contributed by atoms with van der Waals surface area (Å²) in [5.41, 5.74) is 0.873. The smallest absolute Gasteiger partial charge is 0.228 e. The summed E-state index contributed by atoms with van der Waals surface area (Å²) in [6, 6.07) is 5.67. The molecule has 1 aromatic carbocycles. The number of sulfonamides is 1. The Morgan fingerprint density at radius 2 is 2.04 bits per heavy atom. The van der Waals surface area contributed by atoms with Crippen molar-refractivity contribution in [1.29, 1.82) is 0 Å². The molecule has 6 nitrogen and oxygen atoms in total. The summed E-state index contributed by atoms with van der Waals surface area (Å²) < 4.78 is 37.0. The van der Waals surface area contributed by atoms with Gasteiger partial charge in [-0.1, -0.05) is 6.07 Å². The van der Waals surface area contributed by atoms with Crippen LogP contribution in [0.1, 0.15) is 37.4 Å². The van der Waals surface area contributed by atoms with Crippen molar-refractivity contribution >= 4 is 10.0 Å². The van der Waals surface area contributed by atoms with E-state index >= 15 is 0 Å². The van der Waals surface area contributed by atoms with Gasteiger partial charge in [-0.3, -0.25) is 5.32 Å². The predicted molar refractivity (Wildman–Crippen MR) is 90.3 cm³/mol. The third-order valence-corrected chi connectivity index (χ3v) is 7.34. The summed E-state index contributed by atoms with van der Waals surface area (Å²) >= 11 is 0. The largest absolute Gasteiger partial charge is 0.493 e. The lowest BCUT2D eigenvalue weighted by Gasteiger charge is -2.25. The second-order valence-corrected chi connectivity index (χ2v) is 9.15. The highest BCUT2D eigenvalue weighted by atomic mass is 32.2. The van der Waals surface area contributed by atoms with Crippen LogP contribution in [0.4, 0.5) is 0 Å². The van der Waals surface area contributed by atoms with E-state index in [2.05, 4.69) is 5.32 Å². The van der Waals surface area contributed by atoms with Crippen molar-refractivity contribution in [3.05, 3.63) is 23.8 Å². The molecule has 0 radical (unpaired) electrons. The van der Waals surface area contributed by atoms with Crippen molar-refractivity contribution in [3.63, 3.8) is 0 Å². The first-order chi connectivity index (χ1) is 11.5. The number of fused-ring (bicyclic) bond motifs is 2. The molecule has 7 heteroatoms. The first-order valence-corrected chi connectivity index (χ1v) is 10.1. The van der Waals surface area contributed by atoms with E-state index < -0.39 is 10.0 Å². The van der Waals surface area contributed by atoms with Crippen LogP contribution < -0.4 is 14.8 Å². The van der Waals surface area contributed by atoms with Gasteiger partial charge < -0.3 is 9.47 Å². The Morgan fingerprint density at radius 1 is 1.21 bits per heavy atom.